The van der Waals surface area contributed by atoms with Gasteiger partial charge < -0.3 is 28.7 Å². The third-order valence-corrected chi connectivity index (χ3v) is 8.14. The number of methoxy groups -OCH3 is 2. The van der Waals surface area contributed by atoms with Crippen molar-refractivity contribution >= 4 is 17.6 Å². The van der Waals surface area contributed by atoms with E-state index < -0.39 is 11.7 Å². The first-order chi connectivity index (χ1) is 22.1. The van der Waals surface area contributed by atoms with Gasteiger partial charge in [0.1, 0.15) is 11.4 Å². The quantitative estimate of drug-likeness (QED) is 0.200. The zero-order valence-corrected chi connectivity index (χ0v) is 27.7. The molecule has 5 rings (SSSR count). The Balaban J connectivity index is 1.48. The van der Waals surface area contributed by atoms with Crippen LogP contribution < -0.4 is 4.74 Å². The molecule has 1 fully saturated rings. The molecule has 0 bridgehead atoms. The fraction of sp³-hybridized carbons (Fsp3) is 0.421. The molecular formula is C38H46N2O6. The SMILES string of the molecule is COCCOCc1cc(CN(C(=O)C2=C(c3cccc(-c4ccccc4)c3)CCN(C(=O)OC(C)(C)C)C2)C2CC2)cc(OC)c1. The second-order valence-electron chi connectivity index (χ2n) is 13.0. The van der Waals surface area contributed by atoms with Gasteiger partial charge in [0.2, 0.25) is 0 Å². The van der Waals surface area contributed by atoms with Gasteiger partial charge in [-0.3, -0.25) is 4.79 Å². The summed E-state index contributed by atoms with van der Waals surface area (Å²) in [5.41, 5.74) is 6.13. The van der Waals surface area contributed by atoms with Gasteiger partial charge in [-0.15, -0.1) is 0 Å². The Morgan fingerprint density at radius 1 is 0.870 bits per heavy atom. The van der Waals surface area contributed by atoms with Crippen molar-refractivity contribution in [2.75, 3.05) is 40.5 Å². The minimum Gasteiger partial charge on any atom is -0.497 e. The molecule has 1 saturated carbocycles. The van der Waals surface area contributed by atoms with Crippen LogP contribution in [0.1, 0.15) is 56.7 Å². The number of ether oxygens (including phenoxy) is 4. The van der Waals surface area contributed by atoms with Crippen LogP contribution in [0.5, 0.6) is 5.75 Å². The lowest BCUT2D eigenvalue weighted by molar-refractivity contribution is -0.128. The number of hydrogen-bond acceptors (Lipinski definition) is 6. The molecule has 0 aromatic heterocycles. The molecule has 8 heteroatoms. The number of carbonyl (C=O) groups is 2. The predicted octanol–water partition coefficient (Wildman–Crippen LogP) is 7.11. The molecule has 3 aromatic carbocycles. The van der Waals surface area contributed by atoms with Crippen molar-refractivity contribution in [3.05, 3.63) is 95.1 Å². The number of hydrogen-bond donors (Lipinski definition) is 0. The molecule has 1 aliphatic carbocycles. The van der Waals surface area contributed by atoms with E-state index in [4.69, 9.17) is 18.9 Å². The van der Waals surface area contributed by atoms with Crippen LogP contribution in [0, 0.1) is 0 Å². The Labute approximate surface area is 272 Å². The summed E-state index contributed by atoms with van der Waals surface area (Å²) in [6.45, 7) is 8.10. The Hall–Kier alpha value is -4.14. The maximum absolute atomic E-state index is 14.7. The largest absolute Gasteiger partial charge is 0.497 e. The van der Waals surface area contributed by atoms with Crippen LogP contribution in [0.2, 0.25) is 0 Å². The summed E-state index contributed by atoms with van der Waals surface area (Å²) in [5.74, 6) is 0.675. The van der Waals surface area contributed by atoms with Gasteiger partial charge in [-0.25, -0.2) is 4.79 Å². The molecule has 46 heavy (non-hydrogen) atoms. The van der Waals surface area contributed by atoms with E-state index >= 15 is 0 Å². The van der Waals surface area contributed by atoms with Crippen molar-refractivity contribution in [2.24, 2.45) is 0 Å². The van der Waals surface area contributed by atoms with Gasteiger partial charge in [0.15, 0.2) is 0 Å². The standard InChI is InChI=1S/C38H46N2O6/c1-38(2,3)46-37(42)39-17-16-34(31-13-9-12-30(23-31)29-10-7-6-8-11-29)35(25-39)36(41)40(32-14-15-32)24-27-20-28(22-33(21-27)44-5)26-45-19-18-43-4/h6-13,20-23,32H,14-19,24-26H2,1-5H3. The lowest BCUT2D eigenvalue weighted by Crippen LogP contribution is -2.44. The molecule has 2 aliphatic rings. The maximum atomic E-state index is 14.7. The van der Waals surface area contributed by atoms with Crippen molar-refractivity contribution in [2.45, 2.75) is 64.8 Å². The fourth-order valence-corrected chi connectivity index (χ4v) is 5.75. The van der Waals surface area contributed by atoms with Gasteiger partial charge in [-0.2, -0.15) is 0 Å². The lowest BCUT2D eigenvalue weighted by Gasteiger charge is -2.34. The molecular weight excluding hydrogens is 580 g/mol. The molecule has 0 spiro atoms. The van der Waals surface area contributed by atoms with Crippen molar-refractivity contribution in [3.63, 3.8) is 0 Å². The van der Waals surface area contributed by atoms with E-state index in [1.165, 1.54) is 0 Å². The molecule has 1 heterocycles. The van der Waals surface area contributed by atoms with Crippen LogP contribution in [0.25, 0.3) is 16.7 Å². The van der Waals surface area contributed by atoms with Crippen LogP contribution in [-0.4, -0.2) is 74.0 Å². The Bertz CT molecular complexity index is 1540. The third-order valence-electron chi connectivity index (χ3n) is 8.14. The summed E-state index contributed by atoms with van der Waals surface area (Å²) in [5, 5.41) is 0. The molecule has 0 unspecified atom stereocenters. The van der Waals surface area contributed by atoms with Crippen molar-refractivity contribution < 1.29 is 28.5 Å². The molecule has 0 radical (unpaired) electrons. The molecule has 0 saturated heterocycles. The van der Waals surface area contributed by atoms with Crippen molar-refractivity contribution in [1.82, 2.24) is 9.80 Å². The lowest BCUT2D eigenvalue weighted by atomic mass is 9.90. The van der Waals surface area contributed by atoms with Gasteiger partial charge in [0.05, 0.1) is 33.5 Å². The van der Waals surface area contributed by atoms with Gasteiger partial charge in [0.25, 0.3) is 5.91 Å². The highest BCUT2D eigenvalue weighted by Gasteiger charge is 2.38. The molecule has 0 N–H and O–H groups in total. The van der Waals surface area contributed by atoms with Crippen LogP contribution >= 0.6 is 0 Å². The zero-order valence-electron chi connectivity index (χ0n) is 27.7. The monoisotopic (exact) mass is 626 g/mol. The van der Waals surface area contributed by atoms with E-state index in [0.29, 0.717) is 44.9 Å². The Kier molecular flexibility index (Phi) is 10.8. The topological polar surface area (TPSA) is 77.5 Å². The Morgan fingerprint density at radius 3 is 2.28 bits per heavy atom. The van der Waals surface area contributed by atoms with E-state index in [1.807, 2.05) is 62.1 Å². The second kappa shape index (κ2) is 15.0. The minimum atomic E-state index is -0.632. The van der Waals surface area contributed by atoms with E-state index in [1.54, 1.807) is 19.1 Å². The number of amides is 2. The van der Waals surface area contributed by atoms with E-state index in [9.17, 15) is 9.59 Å². The number of nitrogens with zero attached hydrogens (tertiary/aromatic N) is 2. The fourth-order valence-electron chi connectivity index (χ4n) is 5.75. The summed E-state index contributed by atoms with van der Waals surface area (Å²) >= 11 is 0. The summed E-state index contributed by atoms with van der Waals surface area (Å²) in [7, 11) is 3.29. The maximum Gasteiger partial charge on any atom is 0.410 e. The van der Waals surface area contributed by atoms with Crippen molar-refractivity contribution in [1.29, 1.82) is 0 Å². The zero-order chi connectivity index (χ0) is 32.7. The summed E-state index contributed by atoms with van der Waals surface area (Å²) in [6, 6.07) is 24.7. The van der Waals surface area contributed by atoms with Crippen molar-refractivity contribution in [3.8, 4) is 16.9 Å². The first-order valence-corrected chi connectivity index (χ1v) is 16.1. The number of carbonyl (C=O) groups excluding carboxylic acids is 2. The molecule has 2 amide bonds. The average Bonchev–Trinajstić information content (AvgIpc) is 3.90. The highest BCUT2D eigenvalue weighted by molar-refractivity contribution is 6.03. The first-order valence-electron chi connectivity index (χ1n) is 16.1. The van der Waals surface area contributed by atoms with E-state index in [-0.39, 0.29) is 18.5 Å². The Morgan fingerprint density at radius 2 is 1.59 bits per heavy atom. The predicted molar refractivity (Wildman–Crippen MR) is 179 cm³/mol. The highest BCUT2D eigenvalue weighted by Crippen LogP contribution is 2.36. The number of benzene rings is 3. The van der Waals surface area contributed by atoms with Crippen LogP contribution in [0.15, 0.2) is 78.4 Å². The molecule has 244 valence electrons. The summed E-state index contributed by atoms with van der Waals surface area (Å²) in [6.07, 6.45) is 2.05. The van der Waals surface area contributed by atoms with Crippen LogP contribution in [0.4, 0.5) is 4.79 Å². The highest BCUT2D eigenvalue weighted by atomic mass is 16.6. The number of rotatable bonds is 12. The van der Waals surface area contributed by atoms with E-state index in [2.05, 4.69) is 36.4 Å². The second-order valence-corrected chi connectivity index (χ2v) is 13.0. The van der Waals surface area contributed by atoms with Gasteiger partial charge in [-0.1, -0.05) is 54.6 Å². The minimum absolute atomic E-state index is 0.0448. The van der Waals surface area contributed by atoms with E-state index in [0.717, 1.165) is 52.0 Å². The van der Waals surface area contributed by atoms with Crippen LogP contribution in [-0.2, 0) is 32.2 Å². The summed E-state index contributed by atoms with van der Waals surface area (Å²) in [4.78, 5) is 31.5. The molecule has 8 nitrogen and oxygen atoms in total. The van der Waals surface area contributed by atoms with Gasteiger partial charge >= 0.3 is 6.09 Å². The normalized spacial score (nSPS) is 15.1. The molecule has 3 aromatic rings. The first kappa shape index (κ1) is 33.2. The van der Waals surface area contributed by atoms with Gasteiger partial charge in [-0.05, 0) is 91.6 Å². The van der Waals surface area contributed by atoms with Gasteiger partial charge in [0, 0.05) is 31.8 Å². The molecule has 1 aliphatic heterocycles. The molecule has 0 atom stereocenters. The van der Waals surface area contributed by atoms with Crippen LogP contribution in [0.3, 0.4) is 0 Å². The third kappa shape index (κ3) is 8.77. The average molecular weight is 627 g/mol. The summed E-state index contributed by atoms with van der Waals surface area (Å²) < 4.78 is 22.2. The smallest absolute Gasteiger partial charge is 0.410 e.